The largest absolute Gasteiger partial charge is 0.493 e. The summed E-state index contributed by atoms with van der Waals surface area (Å²) < 4.78 is 12.7. The second-order valence-electron chi connectivity index (χ2n) is 6.20. The number of aromatic nitrogens is 1. The molecule has 0 atom stereocenters. The van der Waals surface area contributed by atoms with Gasteiger partial charge < -0.3 is 18.9 Å². The second-order valence-corrected chi connectivity index (χ2v) is 6.20. The van der Waals surface area contributed by atoms with Gasteiger partial charge in [0.2, 0.25) is 0 Å². The van der Waals surface area contributed by atoms with E-state index in [1.807, 2.05) is 55.7 Å². The maximum absolute atomic E-state index is 13.0. The fourth-order valence-electron chi connectivity index (χ4n) is 3.21. The third-order valence-electron chi connectivity index (χ3n) is 4.57. The fourth-order valence-corrected chi connectivity index (χ4v) is 3.21. The molecule has 0 aliphatic rings. The van der Waals surface area contributed by atoms with E-state index in [9.17, 15) is 4.79 Å². The molecule has 0 N–H and O–H groups in total. The van der Waals surface area contributed by atoms with E-state index in [0.717, 1.165) is 28.6 Å². The lowest BCUT2D eigenvalue weighted by atomic mass is 10.1. The zero-order valence-corrected chi connectivity index (χ0v) is 15.7. The average Bonchev–Trinajstić information content (AvgIpc) is 3.06. The maximum Gasteiger partial charge on any atom is 0.256 e. The molecular weight excluding hydrogens is 328 g/mol. The number of hydrogen-bond donors (Lipinski definition) is 0. The molecule has 0 saturated heterocycles. The minimum atomic E-state index is 0.00295. The summed E-state index contributed by atoms with van der Waals surface area (Å²) in [6.45, 7) is 3.39. The highest BCUT2D eigenvalue weighted by Gasteiger charge is 2.18. The van der Waals surface area contributed by atoms with Crippen LogP contribution in [0.4, 0.5) is 0 Å². The number of amides is 1. The van der Waals surface area contributed by atoms with Crippen LogP contribution >= 0.6 is 0 Å². The van der Waals surface area contributed by atoms with Gasteiger partial charge >= 0.3 is 0 Å². The van der Waals surface area contributed by atoms with E-state index in [1.54, 1.807) is 19.1 Å². The fraction of sp³-hybridized carbons (Fsp3) is 0.286. The normalized spacial score (nSPS) is 10.8. The molecule has 5 nitrogen and oxygen atoms in total. The molecule has 0 spiro atoms. The van der Waals surface area contributed by atoms with Gasteiger partial charge in [-0.05, 0) is 30.7 Å². The number of hydrogen-bond acceptors (Lipinski definition) is 3. The van der Waals surface area contributed by atoms with Crippen LogP contribution in [0.2, 0.25) is 0 Å². The number of carbonyl (C=O) groups is 1. The van der Waals surface area contributed by atoms with Crippen LogP contribution in [0.3, 0.4) is 0 Å². The van der Waals surface area contributed by atoms with Crippen LogP contribution in [0.15, 0.2) is 48.7 Å². The predicted octanol–water partition coefficient (Wildman–Crippen LogP) is 3.95. The van der Waals surface area contributed by atoms with Crippen LogP contribution in [0.25, 0.3) is 10.9 Å². The van der Waals surface area contributed by atoms with Crippen molar-refractivity contribution in [1.82, 2.24) is 9.47 Å². The first-order valence-electron chi connectivity index (χ1n) is 8.63. The van der Waals surface area contributed by atoms with E-state index >= 15 is 0 Å². The number of para-hydroxylation sites is 1. The Kier molecular flexibility index (Phi) is 5.16. The molecule has 0 aliphatic heterocycles. The van der Waals surface area contributed by atoms with Crippen molar-refractivity contribution in [3.05, 3.63) is 59.8 Å². The second kappa shape index (κ2) is 7.52. The molecule has 1 aromatic heterocycles. The van der Waals surface area contributed by atoms with E-state index in [4.69, 9.17) is 9.47 Å². The van der Waals surface area contributed by atoms with Gasteiger partial charge in [-0.2, -0.15) is 0 Å². The molecule has 136 valence electrons. The Labute approximate surface area is 153 Å². The number of nitrogens with zero attached hydrogens (tertiary/aromatic N) is 2. The van der Waals surface area contributed by atoms with Crippen molar-refractivity contribution < 1.29 is 14.3 Å². The molecule has 3 rings (SSSR count). The molecule has 0 unspecified atom stereocenters. The number of aryl methyl sites for hydroxylation is 1. The number of rotatable bonds is 6. The number of methoxy groups -OCH3 is 2. The molecule has 5 heteroatoms. The topological polar surface area (TPSA) is 43.7 Å². The van der Waals surface area contributed by atoms with Crippen LogP contribution in [0.5, 0.6) is 11.5 Å². The summed E-state index contributed by atoms with van der Waals surface area (Å²) >= 11 is 0. The van der Waals surface area contributed by atoms with Gasteiger partial charge in [-0.3, -0.25) is 4.79 Å². The van der Waals surface area contributed by atoms with E-state index in [2.05, 4.69) is 11.5 Å². The van der Waals surface area contributed by atoms with Crippen LogP contribution in [0.1, 0.15) is 22.8 Å². The molecule has 0 radical (unpaired) electrons. The molecule has 0 aliphatic carbocycles. The Bertz CT molecular complexity index is 930. The van der Waals surface area contributed by atoms with Crippen molar-refractivity contribution in [3.8, 4) is 11.5 Å². The van der Waals surface area contributed by atoms with Gasteiger partial charge in [0.1, 0.15) is 0 Å². The monoisotopic (exact) mass is 352 g/mol. The minimum absolute atomic E-state index is 0.00295. The molecule has 1 amide bonds. The summed E-state index contributed by atoms with van der Waals surface area (Å²) in [5.74, 6) is 1.34. The highest BCUT2D eigenvalue weighted by molar-refractivity contribution is 6.06. The lowest BCUT2D eigenvalue weighted by Gasteiger charge is -2.18. The molecule has 26 heavy (non-hydrogen) atoms. The molecule has 0 fully saturated rings. The Balaban J connectivity index is 1.87. The zero-order valence-electron chi connectivity index (χ0n) is 15.7. The van der Waals surface area contributed by atoms with Gasteiger partial charge in [-0.15, -0.1) is 0 Å². The van der Waals surface area contributed by atoms with Crippen LogP contribution in [0, 0.1) is 0 Å². The number of benzene rings is 2. The number of ether oxygens (including phenoxy) is 2. The van der Waals surface area contributed by atoms with Crippen molar-refractivity contribution in [1.29, 1.82) is 0 Å². The van der Waals surface area contributed by atoms with Gasteiger partial charge in [-0.25, -0.2) is 0 Å². The van der Waals surface area contributed by atoms with Crippen molar-refractivity contribution in [3.63, 3.8) is 0 Å². The zero-order chi connectivity index (χ0) is 18.7. The summed E-state index contributed by atoms with van der Waals surface area (Å²) in [4.78, 5) is 14.8. The molecule has 0 saturated carbocycles. The molecule has 3 aromatic rings. The van der Waals surface area contributed by atoms with Crippen molar-refractivity contribution in [2.45, 2.75) is 20.0 Å². The van der Waals surface area contributed by atoms with Gasteiger partial charge in [0, 0.05) is 37.2 Å². The third-order valence-corrected chi connectivity index (χ3v) is 4.57. The highest BCUT2D eigenvalue weighted by atomic mass is 16.5. The van der Waals surface area contributed by atoms with Crippen molar-refractivity contribution in [2.24, 2.45) is 0 Å². The maximum atomic E-state index is 13.0. The number of fused-ring (bicyclic) bond motifs is 1. The first-order chi connectivity index (χ1) is 12.6. The summed E-state index contributed by atoms with van der Waals surface area (Å²) in [7, 11) is 5.03. The third kappa shape index (κ3) is 3.25. The van der Waals surface area contributed by atoms with Gasteiger partial charge in [0.15, 0.2) is 11.5 Å². The molecular formula is C21H24N2O3. The number of carbonyl (C=O) groups excluding carboxylic acids is 1. The summed E-state index contributed by atoms with van der Waals surface area (Å²) in [5, 5.41) is 0.985. The van der Waals surface area contributed by atoms with Crippen LogP contribution in [-0.2, 0) is 13.1 Å². The SMILES string of the molecule is CCn1cc(C(=O)N(C)Cc2ccc(OC)c(OC)c2)c2ccccc21. The summed E-state index contributed by atoms with van der Waals surface area (Å²) in [5.41, 5.74) is 2.79. The summed E-state index contributed by atoms with van der Waals surface area (Å²) in [6.07, 6.45) is 1.94. The smallest absolute Gasteiger partial charge is 0.256 e. The summed E-state index contributed by atoms with van der Waals surface area (Å²) in [6, 6.07) is 13.7. The molecule has 2 aromatic carbocycles. The first-order valence-corrected chi connectivity index (χ1v) is 8.63. The van der Waals surface area contributed by atoms with E-state index in [0.29, 0.717) is 18.0 Å². The molecule has 0 bridgehead atoms. The average molecular weight is 352 g/mol. The Hall–Kier alpha value is -2.95. The standard InChI is InChI=1S/C21H24N2O3/c1-5-23-14-17(16-8-6-7-9-18(16)23)21(24)22(2)13-15-10-11-19(25-3)20(12-15)26-4/h6-12,14H,5,13H2,1-4H3. The van der Waals surface area contributed by atoms with Gasteiger partial charge in [0.25, 0.3) is 5.91 Å². The van der Waals surface area contributed by atoms with E-state index in [-0.39, 0.29) is 5.91 Å². The lowest BCUT2D eigenvalue weighted by Crippen LogP contribution is -2.26. The Morgan fingerprint density at radius 1 is 1.08 bits per heavy atom. The Morgan fingerprint density at radius 3 is 2.50 bits per heavy atom. The van der Waals surface area contributed by atoms with Gasteiger partial charge in [-0.1, -0.05) is 24.3 Å². The van der Waals surface area contributed by atoms with Gasteiger partial charge in [0.05, 0.1) is 19.8 Å². The van der Waals surface area contributed by atoms with Crippen molar-refractivity contribution >= 4 is 16.8 Å². The van der Waals surface area contributed by atoms with E-state index < -0.39 is 0 Å². The lowest BCUT2D eigenvalue weighted by molar-refractivity contribution is 0.0786. The van der Waals surface area contributed by atoms with Crippen LogP contribution < -0.4 is 9.47 Å². The van der Waals surface area contributed by atoms with E-state index in [1.165, 1.54) is 0 Å². The first kappa shape index (κ1) is 17.9. The molecule has 1 heterocycles. The van der Waals surface area contributed by atoms with Crippen LogP contribution in [-0.4, -0.2) is 36.6 Å². The highest BCUT2D eigenvalue weighted by Crippen LogP contribution is 2.28. The predicted molar refractivity (Wildman–Crippen MR) is 103 cm³/mol. The Morgan fingerprint density at radius 2 is 1.81 bits per heavy atom. The minimum Gasteiger partial charge on any atom is -0.493 e. The quantitative estimate of drug-likeness (QED) is 0.675. The van der Waals surface area contributed by atoms with Crippen molar-refractivity contribution in [2.75, 3.05) is 21.3 Å².